The van der Waals surface area contributed by atoms with E-state index in [9.17, 15) is 0 Å². The van der Waals surface area contributed by atoms with Crippen molar-refractivity contribution in [2.75, 3.05) is 24.7 Å². The summed E-state index contributed by atoms with van der Waals surface area (Å²) in [5.74, 6) is 1.75. The van der Waals surface area contributed by atoms with E-state index in [0.717, 1.165) is 22.1 Å². The Labute approximate surface area is 114 Å². The molecule has 18 heavy (non-hydrogen) atoms. The van der Waals surface area contributed by atoms with Crippen molar-refractivity contribution >= 4 is 17.4 Å². The van der Waals surface area contributed by atoms with E-state index in [1.165, 1.54) is 0 Å². The first kappa shape index (κ1) is 15.2. The Kier molecular flexibility index (Phi) is 5.82. The third-order valence-corrected chi connectivity index (χ3v) is 3.21. The molecular formula is C14H23NO2S. The quantitative estimate of drug-likeness (QED) is 0.487. The highest BCUT2D eigenvalue weighted by Gasteiger charge is 2.09. The van der Waals surface area contributed by atoms with Crippen LogP contribution in [0.15, 0.2) is 23.1 Å². The number of hydrogen-bond acceptors (Lipinski definition) is 4. The lowest BCUT2D eigenvalue weighted by Gasteiger charge is -2.19. The number of nitrogens with two attached hydrogens (primary N) is 1. The molecule has 0 aliphatic carbocycles. The number of hydrogen-bond donors (Lipinski definition) is 1. The molecular weight excluding hydrogens is 246 g/mol. The predicted molar refractivity (Wildman–Crippen MR) is 78.5 cm³/mol. The van der Waals surface area contributed by atoms with Crippen LogP contribution in [-0.2, 0) is 4.74 Å². The molecule has 0 spiro atoms. The molecule has 0 heterocycles. The summed E-state index contributed by atoms with van der Waals surface area (Å²) in [5.41, 5.74) is 6.64. The molecule has 3 nitrogen and oxygen atoms in total. The normalized spacial score (nSPS) is 11.6. The second-order valence-electron chi connectivity index (χ2n) is 4.94. The second kappa shape index (κ2) is 6.90. The van der Waals surface area contributed by atoms with E-state index in [1.54, 1.807) is 11.8 Å². The number of benzene rings is 1. The Morgan fingerprint density at radius 1 is 1.28 bits per heavy atom. The van der Waals surface area contributed by atoms with Gasteiger partial charge in [-0.1, -0.05) is 0 Å². The lowest BCUT2D eigenvalue weighted by molar-refractivity contribution is 0.00695. The summed E-state index contributed by atoms with van der Waals surface area (Å²) in [4.78, 5) is 1.05. The van der Waals surface area contributed by atoms with Crippen LogP contribution in [0.2, 0.25) is 0 Å². The minimum absolute atomic E-state index is 0.0841. The Balaban J connectivity index is 2.48. The van der Waals surface area contributed by atoms with E-state index in [4.69, 9.17) is 15.2 Å². The van der Waals surface area contributed by atoms with Gasteiger partial charge in [0.05, 0.1) is 18.8 Å². The maximum absolute atomic E-state index is 5.94. The lowest BCUT2D eigenvalue weighted by Crippen LogP contribution is -2.20. The first-order valence-electron chi connectivity index (χ1n) is 6.21. The molecule has 1 rings (SSSR count). The van der Waals surface area contributed by atoms with E-state index in [-0.39, 0.29) is 5.60 Å². The summed E-state index contributed by atoms with van der Waals surface area (Å²) < 4.78 is 11.1. The maximum Gasteiger partial charge on any atom is 0.120 e. The fourth-order valence-corrected chi connectivity index (χ4v) is 2.22. The van der Waals surface area contributed by atoms with Crippen molar-refractivity contribution in [3.05, 3.63) is 18.2 Å². The summed E-state index contributed by atoms with van der Waals surface area (Å²) in [6, 6.07) is 5.77. The monoisotopic (exact) mass is 269 g/mol. The van der Waals surface area contributed by atoms with E-state index < -0.39 is 0 Å². The zero-order chi connectivity index (χ0) is 13.6. The van der Waals surface area contributed by atoms with Gasteiger partial charge < -0.3 is 15.2 Å². The Morgan fingerprint density at radius 3 is 2.61 bits per heavy atom. The third kappa shape index (κ3) is 5.65. The molecule has 1 aromatic rings. The minimum Gasteiger partial charge on any atom is -0.494 e. The van der Waals surface area contributed by atoms with Gasteiger partial charge in [0, 0.05) is 16.3 Å². The highest BCUT2D eigenvalue weighted by atomic mass is 32.2. The van der Waals surface area contributed by atoms with E-state index in [1.807, 2.05) is 25.1 Å². The highest BCUT2D eigenvalue weighted by Crippen LogP contribution is 2.29. The molecule has 0 aromatic heterocycles. The summed E-state index contributed by atoms with van der Waals surface area (Å²) in [6.45, 7) is 9.53. The lowest BCUT2D eigenvalue weighted by atomic mass is 10.2. The van der Waals surface area contributed by atoms with Gasteiger partial charge in [0.15, 0.2) is 0 Å². The van der Waals surface area contributed by atoms with Gasteiger partial charge >= 0.3 is 0 Å². The fourth-order valence-electron chi connectivity index (χ4n) is 1.40. The molecule has 0 fully saturated rings. The molecule has 4 heteroatoms. The summed E-state index contributed by atoms with van der Waals surface area (Å²) >= 11 is 1.70. The summed E-state index contributed by atoms with van der Waals surface area (Å²) in [7, 11) is 0. The molecule has 102 valence electrons. The van der Waals surface area contributed by atoms with Crippen molar-refractivity contribution in [2.24, 2.45) is 0 Å². The number of nitrogen functional groups attached to an aromatic ring is 1. The van der Waals surface area contributed by atoms with Crippen LogP contribution in [0, 0.1) is 0 Å². The van der Waals surface area contributed by atoms with Crippen LogP contribution in [0.5, 0.6) is 5.75 Å². The SMILES string of the molecule is CCOc1ccc(N)c(SCCOC(C)(C)C)c1. The van der Waals surface area contributed by atoms with Gasteiger partial charge in [-0.3, -0.25) is 0 Å². The van der Waals surface area contributed by atoms with Crippen LogP contribution in [-0.4, -0.2) is 24.6 Å². The van der Waals surface area contributed by atoms with Crippen molar-refractivity contribution < 1.29 is 9.47 Å². The Morgan fingerprint density at radius 2 is 2.00 bits per heavy atom. The first-order valence-corrected chi connectivity index (χ1v) is 7.20. The van der Waals surface area contributed by atoms with Gasteiger partial charge in [0.25, 0.3) is 0 Å². The standard InChI is InChI=1S/C14H23NO2S/c1-5-16-11-6-7-12(15)13(10-11)18-9-8-17-14(2,3)4/h6-7,10H,5,8-9,15H2,1-4H3. The van der Waals surface area contributed by atoms with Crippen molar-refractivity contribution in [1.82, 2.24) is 0 Å². The Hall–Kier alpha value is -0.870. The van der Waals surface area contributed by atoms with Crippen molar-refractivity contribution in [3.8, 4) is 5.75 Å². The van der Waals surface area contributed by atoms with Crippen LogP contribution >= 0.6 is 11.8 Å². The van der Waals surface area contributed by atoms with E-state index in [2.05, 4.69) is 20.8 Å². The van der Waals surface area contributed by atoms with Crippen molar-refractivity contribution in [3.63, 3.8) is 0 Å². The molecule has 0 saturated heterocycles. The van der Waals surface area contributed by atoms with Gasteiger partial charge in [-0.25, -0.2) is 0 Å². The molecule has 2 N–H and O–H groups in total. The molecule has 0 aliphatic rings. The number of rotatable bonds is 6. The predicted octanol–water partition coefficient (Wildman–Crippen LogP) is 3.57. The third-order valence-electron chi connectivity index (χ3n) is 2.17. The molecule has 0 atom stereocenters. The average Bonchev–Trinajstić information content (AvgIpc) is 2.27. The average molecular weight is 269 g/mol. The summed E-state index contributed by atoms with van der Waals surface area (Å²) in [5, 5.41) is 0. The van der Waals surface area contributed by atoms with Crippen molar-refractivity contribution in [1.29, 1.82) is 0 Å². The topological polar surface area (TPSA) is 44.5 Å². The zero-order valence-electron chi connectivity index (χ0n) is 11.7. The van der Waals surface area contributed by atoms with Crippen LogP contribution in [0.3, 0.4) is 0 Å². The number of thioether (sulfide) groups is 1. The van der Waals surface area contributed by atoms with Gasteiger partial charge in [0.2, 0.25) is 0 Å². The molecule has 0 aliphatic heterocycles. The first-order chi connectivity index (χ1) is 8.42. The number of anilines is 1. The zero-order valence-corrected chi connectivity index (χ0v) is 12.5. The largest absolute Gasteiger partial charge is 0.494 e. The Bertz CT molecular complexity index is 375. The number of ether oxygens (including phenoxy) is 2. The van der Waals surface area contributed by atoms with Gasteiger partial charge in [-0.05, 0) is 45.9 Å². The minimum atomic E-state index is -0.0841. The molecule has 0 unspecified atom stereocenters. The van der Waals surface area contributed by atoms with Crippen LogP contribution in [0.25, 0.3) is 0 Å². The highest BCUT2D eigenvalue weighted by molar-refractivity contribution is 7.99. The molecule has 0 radical (unpaired) electrons. The van der Waals surface area contributed by atoms with Gasteiger partial charge in [-0.2, -0.15) is 0 Å². The molecule has 0 amide bonds. The van der Waals surface area contributed by atoms with Crippen LogP contribution in [0.1, 0.15) is 27.7 Å². The maximum atomic E-state index is 5.94. The van der Waals surface area contributed by atoms with E-state index >= 15 is 0 Å². The van der Waals surface area contributed by atoms with E-state index in [0.29, 0.717) is 13.2 Å². The van der Waals surface area contributed by atoms with Gasteiger partial charge in [-0.15, -0.1) is 11.8 Å². The molecule has 1 aromatic carbocycles. The van der Waals surface area contributed by atoms with Crippen molar-refractivity contribution in [2.45, 2.75) is 38.2 Å². The smallest absolute Gasteiger partial charge is 0.120 e. The molecule has 0 bridgehead atoms. The van der Waals surface area contributed by atoms with Crippen LogP contribution in [0.4, 0.5) is 5.69 Å². The van der Waals surface area contributed by atoms with Gasteiger partial charge in [0.1, 0.15) is 5.75 Å². The fraction of sp³-hybridized carbons (Fsp3) is 0.571. The van der Waals surface area contributed by atoms with Crippen LogP contribution < -0.4 is 10.5 Å². The molecule has 0 saturated carbocycles. The summed E-state index contributed by atoms with van der Waals surface area (Å²) in [6.07, 6.45) is 0. The second-order valence-corrected chi connectivity index (χ2v) is 6.08.